The predicted molar refractivity (Wildman–Crippen MR) is 249 cm³/mol. The number of rotatable bonds is 6. The summed E-state index contributed by atoms with van der Waals surface area (Å²) in [6.45, 7) is 0. The van der Waals surface area contributed by atoms with Gasteiger partial charge < -0.3 is 18.6 Å². The monoisotopic (exact) mass is 780 g/mol. The molecule has 9 aromatic carbocycles. The van der Waals surface area contributed by atoms with E-state index in [1.54, 1.807) is 0 Å². The van der Waals surface area contributed by atoms with Gasteiger partial charge in [-0.15, -0.1) is 0 Å². The van der Waals surface area contributed by atoms with E-state index in [1.165, 1.54) is 33.4 Å². The van der Waals surface area contributed by atoms with Crippen LogP contribution in [-0.4, -0.2) is 0 Å². The van der Waals surface area contributed by atoms with Crippen LogP contribution in [0.25, 0.3) is 55.4 Å². The van der Waals surface area contributed by atoms with Gasteiger partial charge in [-0.05, 0) is 113 Å². The second-order valence-electron chi connectivity index (χ2n) is 16.0. The number of benzene rings is 9. The van der Waals surface area contributed by atoms with E-state index >= 15 is 0 Å². The SMILES string of the molecule is c1ccc(N(c2ccccc2)c2ccc3c(c2)C2(c4ccccc4-c4ccc(N(c5ccccc5)c5cccc6c5oc5ccccc56)cc42)c2c-3oc3ccccc23)cc1. The molecular weight excluding hydrogens is 745 g/mol. The van der Waals surface area contributed by atoms with Gasteiger partial charge in [-0.1, -0.05) is 133 Å². The molecule has 0 radical (unpaired) electrons. The van der Waals surface area contributed by atoms with E-state index in [2.05, 4.69) is 222 Å². The molecule has 2 aliphatic carbocycles. The van der Waals surface area contributed by atoms with Gasteiger partial charge in [0.15, 0.2) is 5.58 Å². The number of hydrogen-bond acceptors (Lipinski definition) is 4. The molecule has 0 saturated heterocycles. The van der Waals surface area contributed by atoms with Crippen LogP contribution in [0.1, 0.15) is 22.3 Å². The maximum Gasteiger partial charge on any atom is 0.159 e. The molecule has 0 fully saturated rings. The molecule has 0 aliphatic heterocycles. The van der Waals surface area contributed by atoms with Gasteiger partial charge in [0.1, 0.15) is 16.9 Å². The van der Waals surface area contributed by atoms with Crippen LogP contribution in [0.15, 0.2) is 227 Å². The Labute approximate surface area is 352 Å². The Bertz CT molecular complexity index is 3460. The molecule has 61 heavy (non-hydrogen) atoms. The maximum absolute atomic E-state index is 6.98. The minimum Gasteiger partial charge on any atom is -0.456 e. The van der Waals surface area contributed by atoms with E-state index in [0.717, 1.165) is 78.4 Å². The first-order chi connectivity index (χ1) is 30.3. The van der Waals surface area contributed by atoms with Crippen molar-refractivity contribution >= 4 is 67.0 Å². The minimum atomic E-state index is -0.692. The summed E-state index contributed by atoms with van der Waals surface area (Å²) in [5.41, 5.74) is 16.7. The molecule has 11 aromatic rings. The van der Waals surface area contributed by atoms with Crippen molar-refractivity contribution in [1.29, 1.82) is 0 Å². The highest BCUT2D eigenvalue weighted by Crippen LogP contribution is 2.66. The smallest absolute Gasteiger partial charge is 0.159 e. The van der Waals surface area contributed by atoms with Gasteiger partial charge in [-0.2, -0.15) is 0 Å². The van der Waals surface area contributed by atoms with E-state index in [0.29, 0.717) is 0 Å². The van der Waals surface area contributed by atoms with Crippen LogP contribution in [-0.2, 0) is 5.41 Å². The molecule has 286 valence electrons. The summed E-state index contributed by atoms with van der Waals surface area (Å²) < 4.78 is 13.7. The number of nitrogens with zero attached hydrogens (tertiary/aromatic N) is 2. The number of anilines is 6. The van der Waals surface area contributed by atoms with Crippen molar-refractivity contribution in [3.8, 4) is 22.5 Å². The highest BCUT2D eigenvalue weighted by molar-refractivity contribution is 6.10. The molecule has 4 heteroatoms. The Balaban J connectivity index is 1.11. The zero-order valence-corrected chi connectivity index (χ0v) is 33.0. The molecule has 13 rings (SSSR count). The Morgan fingerprint density at radius 2 is 0.836 bits per heavy atom. The van der Waals surface area contributed by atoms with Crippen molar-refractivity contribution in [2.24, 2.45) is 0 Å². The van der Waals surface area contributed by atoms with Crippen LogP contribution in [0.5, 0.6) is 0 Å². The Morgan fingerprint density at radius 3 is 1.54 bits per heavy atom. The van der Waals surface area contributed by atoms with Crippen molar-refractivity contribution in [2.75, 3.05) is 9.80 Å². The Hall–Kier alpha value is -8.08. The number of para-hydroxylation sites is 6. The lowest BCUT2D eigenvalue weighted by molar-refractivity contribution is 0.628. The van der Waals surface area contributed by atoms with Gasteiger partial charge in [-0.3, -0.25) is 0 Å². The largest absolute Gasteiger partial charge is 0.456 e. The van der Waals surface area contributed by atoms with E-state index in [1.807, 2.05) is 6.07 Å². The molecule has 0 amide bonds. The maximum atomic E-state index is 6.98. The summed E-state index contributed by atoms with van der Waals surface area (Å²) in [5.74, 6) is 0.925. The second kappa shape index (κ2) is 13.0. The first-order valence-corrected chi connectivity index (χ1v) is 20.8. The third-order valence-corrected chi connectivity index (χ3v) is 12.8. The van der Waals surface area contributed by atoms with E-state index in [9.17, 15) is 0 Å². The third kappa shape index (κ3) is 4.76. The second-order valence-corrected chi connectivity index (χ2v) is 16.0. The highest BCUT2D eigenvalue weighted by Gasteiger charge is 2.55. The zero-order chi connectivity index (χ0) is 40.1. The van der Waals surface area contributed by atoms with Gasteiger partial charge in [0, 0.05) is 55.7 Å². The average Bonchev–Trinajstić information content (AvgIpc) is 4.05. The van der Waals surface area contributed by atoms with Crippen molar-refractivity contribution < 1.29 is 8.83 Å². The van der Waals surface area contributed by atoms with Crippen LogP contribution in [0.3, 0.4) is 0 Å². The van der Waals surface area contributed by atoms with Gasteiger partial charge in [0.2, 0.25) is 0 Å². The minimum absolute atomic E-state index is 0.692. The topological polar surface area (TPSA) is 32.8 Å². The molecule has 0 saturated carbocycles. The molecule has 1 unspecified atom stereocenters. The summed E-state index contributed by atoms with van der Waals surface area (Å²) in [5, 5.41) is 3.32. The molecule has 1 spiro atoms. The molecule has 1 atom stereocenters. The van der Waals surface area contributed by atoms with Gasteiger partial charge >= 0.3 is 0 Å². The Kier molecular flexibility index (Phi) is 7.19. The quantitative estimate of drug-likeness (QED) is 0.168. The van der Waals surface area contributed by atoms with Crippen LogP contribution in [0.4, 0.5) is 34.1 Å². The first kappa shape index (κ1) is 33.8. The van der Waals surface area contributed by atoms with Crippen molar-refractivity contribution in [3.63, 3.8) is 0 Å². The third-order valence-electron chi connectivity index (χ3n) is 12.8. The summed E-state index contributed by atoms with van der Waals surface area (Å²) in [4.78, 5) is 4.71. The van der Waals surface area contributed by atoms with Crippen molar-refractivity contribution in [1.82, 2.24) is 0 Å². The van der Waals surface area contributed by atoms with Crippen LogP contribution < -0.4 is 9.80 Å². The molecular formula is C57H36N2O2. The lowest BCUT2D eigenvalue weighted by Gasteiger charge is -2.33. The molecule has 2 aliphatic rings. The molecule has 2 heterocycles. The summed E-state index contributed by atoms with van der Waals surface area (Å²) in [6, 6.07) is 78.2. The first-order valence-electron chi connectivity index (χ1n) is 20.8. The van der Waals surface area contributed by atoms with E-state index in [4.69, 9.17) is 8.83 Å². The van der Waals surface area contributed by atoms with Crippen LogP contribution in [0.2, 0.25) is 0 Å². The summed E-state index contributed by atoms with van der Waals surface area (Å²) in [7, 11) is 0. The van der Waals surface area contributed by atoms with E-state index < -0.39 is 5.41 Å². The zero-order valence-electron chi connectivity index (χ0n) is 33.0. The van der Waals surface area contributed by atoms with Gasteiger partial charge in [0.05, 0.1) is 11.1 Å². The normalized spacial score (nSPS) is 14.6. The fourth-order valence-electron chi connectivity index (χ4n) is 10.4. The number of fused-ring (bicyclic) bond motifs is 15. The lowest BCUT2D eigenvalue weighted by atomic mass is 9.70. The number of furan rings is 2. The lowest BCUT2D eigenvalue weighted by Crippen LogP contribution is -2.26. The van der Waals surface area contributed by atoms with Crippen molar-refractivity contribution in [3.05, 3.63) is 241 Å². The molecule has 0 bridgehead atoms. The van der Waals surface area contributed by atoms with E-state index in [-0.39, 0.29) is 0 Å². The highest BCUT2D eigenvalue weighted by atomic mass is 16.3. The fourth-order valence-corrected chi connectivity index (χ4v) is 10.4. The van der Waals surface area contributed by atoms with Gasteiger partial charge in [0.25, 0.3) is 0 Å². The molecule has 2 aromatic heterocycles. The molecule has 0 N–H and O–H groups in total. The standard InChI is InChI=1S/C57H36N2O2/c1-4-17-37(18-5-1)58(38-19-6-2-7-20-38)40-32-34-46-50(35-40)57(54-47-25-12-15-30-53(47)61-56(46)54)48-27-13-10-23-42(48)43-33-31-41(36-49(43)57)59(39-21-8-3-9-22-39)51-28-16-26-45-44-24-11-14-29-52(44)60-55(45)51/h1-36H. The summed E-state index contributed by atoms with van der Waals surface area (Å²) >= 11 is 0. The predicted octanol–water partition coefficient (Wildman–Crippen LogP) is 15.6. The summed E-state index contributed by atoms with van der Waals surface area (Å²) in [6.07, 6.45) is 0. The van der Waals surface area contributed by atoms with Crippen molar-refractivity contribution in [2.45, 2.75) is 5.41 Å². The van der Waals surface area contributed by atoms with Gasteiger partial charge in [-0.25, -0.2) is 0 Å². The Morgan fingerprint density at radius 1 is 0.328 bits per heavy atom. The van der Waals surface area contributed by atoms with Crippen LogP contribution >= 0.6 is 0 Å². The van der Waals surface area contributed by atoms with Crippen LogP contribution in [0, 0.1) is 0 Å². The fraction of sp³-hybridized carbons (Fsp3) is 0.0175. The average molecular weight is 781 g/mol. The molecule has 4 nitrogen and oxygen atoms in total. The number of hydrogen-bond donors (Lipinski definition) is 0.